The minimum atomic E-state index is -0.351. The molecule has 0 atom stereocenters. The van der Waals surface area contributed by atoms with Gasteiger partial charge in [0.05, 0.1) is 36.1 Å². The average Bonchev–Trinajstić information content (AvgIpc) is 3.25. The van der Waals surface area contributed by atoms with Gasteiger partial charge in [-0.15, -0.1) is 11.8 Å². The molecule has 0 bridgehead atoms. The second-order valence-corrected chi connectivity index (χ2v) is 8.42. The van der Waals surface area contributed by atoms with Crippen molar-refractivity contribution in [3.8, 4) is 17.5 Å². The van der Waals surface area contributed by atoms with E-state index in [-0.39, 0.29) is 11.8 Å². The quantitative estimate of drug-likeness (QED) is 0.235. The number of halogens is 1. The van der Waals surface area contributed by atoms with E-state index in [2.05, 4.69) is 30.2 Å². The standard InChI is InChI=1S/C24H21FN6O2S/c1-13-27-10-16(11-28-13)33-24-30-22-20(19-17(25)8-9-18(26-2)21(19)29-22)23(31-24)34-12-14-4-6-15(32-3)7-5-14/h4-11,26H,12H2,1-3H3,(H,29,30,31). The van der Waals surface area contributed by atoms with Crippen LogP contribution in [0.3, 0.4) is 0 Å². The Hall–Kier alpha value is -3.92. The number of anilines is 1. The second-order valence-electron chi connectivity index (χ2n) is 7.46. The number of fused-ring (bicyclic) bond motifs is 3. The van der Waals surface area contributed by atoms with E-state index in [0.29, 0.717) is 44.3 Å². The zero-order chi connectivity index (χ0) is 23.7. The fourth-order valence-corrected chi connectivity index (χ4v) is 4.56. The largest absolute Gasteiger partial charge is 0.497 e. The van der Waals surface area contributed by atoms with Crippen LogP contribution >= 0.6 is 11.8 Å². The Bertz CT molecular complexity index is 1470. The summed E-state index contributed by atoms with van der Waals surface area (Å²) in [6.45, 7) is 1.79. The predicted molar refractivity (Wildman–Crippen MR) is 130 cm³/mol. The lowest BCUT2D eigenvalue weighted by Gasteiger charge is -2.08. The van der Waals surface area contributed by atoms with Crippen LogP contribution in [0, 0.1) is 12.7 Å². The van der Waals surface area contributed by atoms with E-state index in [1.807, 2.05) is 24.3 Å². The van der Waals surface area contributed by atoms with E-state index < -0.39 is 0 Å². The summed E-state index contributed by atoms with van der Waals surface area (Å²) in [5, 5.41) is 4.73. The summed E-state index contributed by atoms with van der Waals surface area (Å²) in [5.41, 5.74) is 2.93. The molecular weight excluding hydrogens is 455 g/mol. The van der Waals surface area contributed by atoms with Crippen molar-refractivity contribution in [2.75, 3.05) is 19.5 Å². The molecule has 0 fully saturated rings. The third-order valence-electron chi connectivity index (χ3n) is 5.27. The topological polar surface area (TPSA) is 97.8 Å². The third kappa shape index (κ3) is 4.19. The molecule has 34 heavy (non-hydrogen) atoms. The van der Waals surface area contributed by atoms with Crippen molar-refractivity contribution in [2.45, 2.75) is 17.7 Å². The molecule has 0 amide bonds. The van der Waals surface area contributed by atoms with Crippen LogP contribution in [0.4, 0.5) is 10.1 Å². The Balaban J connectivity index is 1.60. The van der Waals surface area contributed by atoms with Crippen molar-refractivity contribution in [2.24, 2.45) is 0 Å². The van der Waals surface area contributed by atoms with Crippen LogP contribution in [-0.2, 0) is 5.75 Å². The molecule has 0 saturated carbocycles. The number of thioether (sulfide) groups is 1. The first-order valence-electron chi connectivity index (χ1n) is 10.5. The van der Waals surface area contributed by atoms with Crippen molar-refractivity contribution in [1.82, 2.24) is 24.9 Å². The van der Waals surface area contributed by atoms with E-state index >= 15 is 4.39 Å². The van der Waals surface area contributed by atoms with E-state index in [1.165, 1.54) is 17.8 Å². The van der Waals surface area contributed by atoms with Crippen LogP contribution in [0.15, 0.2) is 53.8 Å². The fraction of sp³-hybridized carbons (Fsp3) is 0.167. The highest BCUT2D eigenvalue weighted by Gasteiger charge is 2.20. The summed E-state index contributed by atoms with van der Waals surface area (Å²) >= 11 is 1.48. The van der Waals surface area contributed by atoms with Gasteiger partial charge in [-0.2, -0.15) is 9.97 Å². The Labute approximate surface area is 199 Å². The van der Waals surface area contributed by atoms with Crippen molar-refractivity contribution >= 4 is 39.4 Å². The number of aromatic nitrogens is 5. The maximum Gasteiger partial charge on any atom is 0.325 e. The molecule has 0 aliphatic rings. The van der Waals surface area contributed by atoms with Gasteiger partial charge in [0.15, 0.2) is 5.75 Å². The highest BCUT2D eigenvalue weighted by molar-refractivity contribution is 7.98. The number of methoxy groups -OCH3 is 1. The van der Waals surface area contributed by atoms with Crippen LogP contribution < -0.4 is 14.8 Å². The van der Waals surface area contributed by atoms with Crippen LogP contribution in [0.2, 0.25) is 0 Å². The third-order valence-corrected chi connectivity index (χ3v) is 6.32. The molecule has 0 unspecified atom stereocenters. The highest BCUT2D eigenvalue weighted by atomic mass is 32.2. The lowest BCUT2D eigenvalue weighted by Crippen LogP contribution is -1.97. The number of hydrogen-bond donors (Lipinski definition) is 2. The number of benzene rings is 2. The molecule has 2 aromatic carbocycles. The van der Waals surface area contributed by atoms with Crippen molar-refractivity contribution in [3.63, 3.8) is 0 Å². The minimum Gasteiger partial charge on any atom is -0.497 e. The van der Waals surface area contributed by atoms with Gasteiger partial charge in [-0.25, -0.2) is 14.4 Å². The number of H-pyrrole nitrogens is 1. The average molecular weight is 477 g/mol. The number of rotatable bonds is 7. The van der Waals surface area contributed by atoms with Crippen LogP contribution in [0.1, 0.15) is 11.4 Å². The van der Waals surface area contributed by atoms with Gasteiger partial charge in [-0.1, -0.05) is 12.1 Å². The van der Waals surface area contributed by atoms with E-state index in [9.17, 15) is 0 Å². The number of hydrogen-bond acceptors (Lipinski definition) is 8. The van der Waals surface area contributed by atoms with Gasteiger partial charge in [0.2, 0.25) is 0 Å². The normalized spacial score (nSPS) is 11.2. The zero-order valence-corrected chi connectivity index (χ0v) is 19.5. The van der Waals surface area contributed by atoms with Gasteiger partial charge >= 0.3 is 6.01 Å². The molecule has 172 valence electrons. The molecule has 0 radical (unpaired) electrons. The number of nitrogens with zero attached hydrogens (tertiary/aromatic N) is 4. The highest BCUT2D eigenvalue weighted by Crippen LogP contribution is 2.38. The van der Waals surface area contributed by atoms with Crippen molar-refractivity contribution in [1.29, 1.82) is 0 Å². The maximum atomic E-state index is 15.0. The zero-order valence-electron chi connectivity index (χ0n) is 18.7. The van der Waals surface area contributed by atoms with E-state index in [1.54, 1.807) is 39.5 Å². The molecule has 5 rings (SSSR count). The number of aryl methyl sites for hydroxylation is 1. The Morgan fingerprint density at radius 1 is 1.00 bits per heavy atom. The Morgan fingerprint density at radius 3 is 2.47 bits per heavy atom. The van der Waals surface area contributed by atoms with E-state index in [4.69, 9.17) is 9.47 Å². The first-order valence-corrected chi connectivity index (χ1v) is 11.5. The van der Waals surface area contributed by atoms with Gasteiger partial charge < -0.3 is 19.8 Å². The first-order chi connectivity index (χ1) is 16.6. The molecule has 0 saturated heterocycles. The summed E-state index contributed by atoms with van der Waals surface area (Å²) in [5.74, 6) is 2.09. The van der Waals surface area contributed by atoms with Gasteiger partial charge in [-0.05, 0) is 36.8 Å². The lowest BCUT2D eigenvalue weighted by molar-refractivity contribution is 0.414. The van der Waals surface area contributed by atoms with Crippen LogP contribution in [-0.4, -0.2) is 39.1 Å². The molecule has 5 aromatic rings. The Morgan fingerprint density at radius 2 is 1.76 bits per heavy atom. The van der Waals surface area contributed by atoms with Gasteiger partial charge in [-0.3, -0.25) is 0 Å². The molecule has 3 aromatic heterocycles. The fourth-order valence-electron chi connectivity index (χ4n) is 3.58. The monoisotopic (exact) mass is 476 g/mol. The molecule has 10 heteroatoms. The first kappa shape index (κ1) is 21.9. The molecule has 0 aliphatic carbocycles. The molecule has 0 aliphatic heterocycles. The Kier molecular flexibility index (Phi) is 5.89. The molecule has 3 heterocycles. The van der Waals surface area contributed by atoms with E-state index in [0.717, 1.165) is 17.0 Å². The molecule has 8 nitrogen and oxygen atoms in total. The van der Waals surface area contributed by atoms with Gasteiger partial charge in [0, 0.05) is 18.2 Å². The van der Waals surface area contributed by atoms with Crippen LogP contribution in [0.25, 0.3) is 21.9 Å². The van der Waals surface area contributed by atoms with Gasteiger partial charge in [0.25, 0.3) is 0 Å². The summed E-state index contributed by atoms with van der Waals surface area (Å²) in [6, 6.07) is 11.0. The summed E-state index contributed by atoms with van der Waals surface area (Å²) in [4.78, 5) is 20.7. The summed E-state index contributed by atoms with van der Waals surface area (Å²) < 4.78 is 26.1. The van der Waals surface area contributed by atoms with Crippen molar-refractivity contribution in [3.05, 3.63) is 66.0 Å². The summed E-state index contributed by atoms with van der Waals surface area (Å²) in [6.07, 6.45) is 3.12. The van der Waals surface area contributed by atoms with Crippen molar-refractivity contribution < 1.29 is 13.9 Å². The molecule has 2 N–H and O–H groups in total. The number of aromatic amines is 1. The number of nitrogens with one attached hydrogen (secondary N) is 2. The lowest BCUT2D eigenvalue weighted by atomic mass is 10.2. The minimum absolute atomic E-state index is 0.121. The number of ether oxygens (including phenoxy) is 2. The smallest absolute Gasteiger partial charge is 0.325 e. The SMILES string of the molecule is CNc1ccc(F)c2c1[nH]c1nc(Oc3cnc(C)nc3)nc(SCc3ccc(OC)cc3)c12. The summed E-state index contributed by atoms with van der Waals surface area (Å²) in [7, 11) is 3.42. The maximum absolute atomic E-state index is 15.0. The van der Waals surface area contributed by atoms with Gasteiger partial charge in [0.1, 0.15) is 28.1 Å². The molecular formula is C24H21FN6O2S. The second kappa shape index (κ2) is 9.14. The predicted octanol–water partition coefficient (Wildman–Crippen LogP) is 5.48. The van der Waals surface area contributed by atoms with Crippen LogP contribution in [0.5, 0.6) is 17.5 Å². The molecule has 0 spiro atoms.